The molecule has 0 saturated carbocycles. The normalized spacial score (nSPS) is 18.4. The highest BCUT2D eigenvalue weighted by atomic mass is 16.5. The first-order chi connectivity index (χ1) is 29.3. The number of carbonyl (C=O) groups is 4. The van der Waals surface area contributed by atoms with Gasteiger partial charge >= 0.3 is 12.1 Å². The van der Waals surface area contributed by atoms with Crippen LogP contribution in [-0.4, -0.2) is 97.7 Å². The van der Waals surface area contributed by atoms with Gasteiger partial charge in [-0.2, -0.15) is 0 Å². The number of aromatic nitrogens is 5. The Hall–Kier alpha value is -7.03. The highest BCUT2D eigenvalue weighted by molar-refractivity contribution is 6.04. The summed E-state index contributed by atoms with van der Waals surface area (Å²) < 4.78 is 9.75. The summed E-state index contributed by atoms with van der Waals surface area (Å²) in [5.41, 5.74) is 6.77. The van der Waals surface area contributed by atoms with Crippen LogP contribution in [0.4, 0.5) is 4.79 Å². The van der Waals surface area contributed by atoms with Gasteiger partial charge < -0.3 is 29.6 Å². The van der Waals surface area contributed by atoms with Crippen molar-refractivity contribution in [2.75, 3.05) is 27.3 Å². The van der Waals surface area contributed by atoms with E-state index >= 15 is 0 Å². The van der Waals surface area contributed by atoms with Crippen LogP contribution in [-0.2, 0) is 23.9 Å². The number of nitrogens with zero attached hydrogens (tertiary/aromatic N) is 7. The molecule has 15 heteroatoms. The number of carbonyl (C=O) groups excluding carboxylic acids is 4. The van der Waals surface area contributed by atoms with Crippen molar-refractivity contribution in [1.82, 2.24) is 40.0 Å². The first-order valence-corrected chi connectivity index (χ1v) is 20.0. The monoisotopic (exact) mass is 807 g/mol. The predicted molar refractivity (Wildman–Crippen MR) is 222 cm³/mol. The van der Waals surface area contributed by atoms with Crippen molar-refractivity contribution in [3.8, 4) is 22.8 Å². The van der Waals surface area contributed by atoms with E-state index in [9.17, 15) is 19.2 Å². The van der Waals surface area contributed by atoms with Crippen LogP contribution in [0.1, 0.15) is 79.0 Å². The Bertz CT molecular complexity index is 2400. The van der Waals surface area contributed by atoms with E-state index in [-0.39, 0.29) is 30.3 Å². The highest BCUT2D eigenvalue weighted by Crippen LogP contribution is 2.36. The van der Waals surface area contributed by atoms with Crippen LogP contribution < -0.4 is 5.32 Å². The fourth-order valence-electron chi connectivity index (χ4n) is 8.25. The lowest BCUT2D eigenvalue weighted by Gasteiger charge is -2.29. The van der Waals surface area contributed by atoms with E-state index in [1.54, 1.807) is 29.7 Å². The number of alkyl carbamates (subject to hydrolysis) is 1. The molecule has 6 heterocycles. The zero-order valence-corrected chi connectivity index (χ0v) is 33.4. The van der Waals surface area contributed by atoms with Gasteiger partial charge in [0.1, 0.15) is 23.3 Å². The number of benzene rings is 2. The maximum atomic E-state index is 13.9. The Labute approximate surface area is 347 Å². The molecule has 8 rings (SSSR count). The first kappa shape index (κ1) is 39.8. The van der Waals surface area contributed by atoms with E-state index in [4.69, 9.17) is 19.5 Å². The van der Waals surface area contributed by atoms with Gasteiger partial charge in [0, 0.05) is 37.6 Å². The molecule has 3 amide bonds. The number of methoxy groups -OCH3 is 2. The average molecular weight is 808 g/mol. The minimum Gasteiger partial charge on any atom is -0.469 e. The van der Waals surface area contributed by atoms with Crippen LogP contribution >= 0.6 is 0 Å². The molecule has 2 fully saturated rings. The number of hydrogen-bond donors (Lipinski definition) is 2. The Morgan fingerprint density at radius 3 is 2.07 bits per heavy atom. The zero-order chi connectivity index (χ0) is 41.6. The van der Waals surface area contributed by atoms with E-state index < -0.39 is 24.0 Å². The summed E-state index contributed by atoms with van der Waals surface area (Å²) in [5, 5.41) is 2.71. The van der Waals surface area contributed by atoms with Crippen molar-refractivity contribution in [3.63, 3.8) is 0 Å². The number of esters is 1. The maximum absolute atomic E-state index is 13.9. The molecule has 0 aliphatic carbocycles. The van der Waals surface area contributed by atoms with Crippen LogP contribution in [0.25, 0.3) is 28.3 Å². The highest BCUT2D eigenvalue weighted by Gasteiger charge is 2.39. The summed E-state index contributed by atoms with van der Waals surface area (Å²) >= 11 is 0. The fraction of sp³-hybridized carbons (Fsp3) is 0.311. The minimum absolute atomic E-state index is 0.0442. The molecule has 2 saturated heterocycles. The van der Waals surface area contributed by atoms with Crippen molar-refractivity contribution in [3.05, 3.63) is 126 Å². The SMILES string of the molecule is COC(=O)C[C@@H](C(=O)N1CCC[C@H]1c1ncc(-c2cnc(-c3ccc(C4=CN=C([C@@H]5CCCN5C(=O)[C@H](NC(=O)OC)c5ccccc5)C4)cn3)cn2)[nH]1)c1ccccc1. The van der Waals surface area contributed by atoms with Gasteiger partial charge in [-0.05, 0) is 54.0 Å². The van der Waals surface area contributed by atoms with Gasteiger partial charge in [-0.15, -0.1) is 0 Å². The molecule has 15 nitrogen and oxygen atoms in total. The number of ether oxygens (including phenoxy) is 2. The molecule has 3 aromatic heterocycles. The third-order valence-corrected chi connectivity index (χ3v) is 11.4. The molecule has 0 unspecified atom stereocenters. The summed E-state index contributed by atoms with van der Waals surface area (Å²) in [4.78, 5) is 82.8. The van der Waals surface area contributed by atoms with Crippen molar-refractivity contribution < 1.29 is 28.7 Å². The number of likely N-dealkylation sites (tertiary alicyclic amines) is 2. The number of amides is 3. The van der Waals surface area contributed by atoms with Crippen molar-refractivity contribution in [1.29, 1.82) is 0 Å². The Kier molecular flexibility index (Phi) is 11.8. The number of imidazole rings is 1. The smallest absolute Gasteiger partial charge is 0.407 e. The number of rotatable bonds is 12. The topological polar surface area (TPSA) is 185 Å². The largest absolute Gasteiger partial charge is 0.469 e. The van der Waals surface area contributed by atoms with E-state index in [2.05, 4.69) is 25.3 Å². The van der Waals surface area contributed by atoms with Gasteiger partial charge in [0.05, 0.1) is 68.6 Å². The molecule has 3 aliphatic rings. The molecular weight excluding hydrogens is 763 g/mol. The lowest BCUT2D eigenvalue weighted by molar-refractivity contribution is -0.145. The predicted octanol–water partition coefficient (Wildman–Crippen LogP) is 6.21. The number of nitrogens with one attached hydrogen (secondary N) is 2. The second-order valence-electron chi connectivity index (χ2n) is 15.0. The lowest BCUT2D eigenvalue weighted by Crippen LogP contribution is -2.47. The molecule has 0 spiro atoms. The Morgan fingerprint density at radius 1 is 0.733 bits per heavy atom. The minimum atomic E-state index is -0.875. The number of aliphatic imine (C=N–C) groups is 1. The standard InChI is InChI=1S/C45H45N9O6/c1-59-40(55)22-32(28-11-5-3-6-12-28)43(56)54-20-10-16-39(54)42-50-27-37(51-42)36-26-48-35(25-49-36)33-18-17-30(23-46-33)31-21-34(47-24-31)38-15-9-19-53(38)44(57)41(52-45(58)60-2)29-13-7-4-8-14-29/h3-8,11-14,17-18,23-27,32,38-39,41H,9-10,15-16,19-22H2,1-2H3,(H,50,51)(H,52,58)/t32-,38+,39+,41-/m1/s1. The molecule has 306 valence electrons. The van der Waals surface area contributed by atoms with Crippen LogP contribution in [0, 0.1) is 0 Å². The zero-order valence-electron chi connectivity index (χ0n) is 33.4. The number of hydrogen-bond acceptors (Lipinski definition) is 11. The third kappa shape index (κ3) is 8.42. The number of aromatic amines is 1. The molecule has 60 heavy (non-hydrogen) atoms. The van der Waals surface area contributed by atoms with E-state index in [0.29, 0.717) is 53.7 Å². The van der Waals surface area contributed by atoms with E-state index in [1.807, 2.05) is 83.9 Å². The van der Waals surface area contributed by atoms with Crippen LogP contribution in [0.2, 0.25) is 0 Å². The molecule has 0 radical (unpaired) electrons. The summed E-state index contributed by atoms with van der Waals surface area (Å²) in [6.07, 6.45) is 11.7. The average Bonchev–Trinajstić information content (AvgIpc) is 4.15. The first-order valence-electron chi connectivity index (χ1n) is 20.0. The van der Waals surface area contributed by atoms with Gasteiger partial charge in [-0.25, -0.2) is 9.78 Å². The number of allylic oxidation sites excluding steroid dienone is 1. The molecule has 2 aromatic carbocycles. The molecule has 0 bridgehead atoms. The van der Waals surface area contributed by atoms with Gasteiger partial charge in [0.15, 0.2) is 0 Å². The molecule has 3 aliphatic heterocycles. The Morgan fingerprint density at radius 2 is 1.40 bits per heavy atom. The van der Waals surface area contributed by atoms with Crippen LogP contribution in [0.3, 0.4) is 0 Å². The second-order valence-corrected chi connectivity index (χ2v) is 15.0. The summed E-state index contributed by atoms with van der Waals surface area (Å²) in [6.45, 7) is 1.13. The molecular formula is C45H45N9O6. The van der Waals surface area contributed by atoms with Gasteiger partial charge in [0.25, 0.3) is 0 Å². The second kappa shape index (κ2) is 17.9. The van der Waals surface area contributed by atoms with Gasteiger partial charge in [0.2, 0.25) is 11.8 Å². The van der Waals surface area contributed by atoms with Gasteiger partial charge in [-0.1, -0.05) is 66.7 Å². The van der Waals surface area contributed by atoms with Crippen molar-refractivity contribution >= 4 is 35.2 Å². The lowest BCUT2D eigenvalue weighted by atomic mass is 9.94. The molecule has 5 aromatic rings. The number of H-pyrrole nitrogens is 1. The van der Waals surface area contributed by atoms with Gasteiger partial charge in [-0.3, -0.25) is 34.3 Å². The fourth-order valence-corrected chi connectivity index (χ4v) is 8.25. The molecule has 4 atom stereocenters. The Balaban J connectivity index is 0.900. The summed E-state index contributed by atoms with van der Waals surface area (Å²) in [5.74, 6) is -0.785. The summed E-state index contributed by atoms with van der Waals surface area (Å²) in [7, 11) is 2.61. The maximum Gasteiger partial charge on any atom is 0.407 e. The third-order valence-electron chi connectivity index (χ3n) is 11.4. The van der Waals surface area contributed by atoms with Crippen LogP contribution in [0.15, 0.2) is 109 Å². The quantitative estimate of drug-likeness (QED) is 0.137. The summed E-state index contributed by atoms with van der Waals surface area (Å²) in [6, 6.07) is 21.0. The van der Waals surface area contributed by atoms with Crippen LogP contribution in [0.5, 0.6) is 0 Å². The van der Waals surface area contributed by atoms with Crippen molar-refractivity contribution in [2.24, 2.45) is 4.99 Å². The van der Waals surface area contributed by atoms with E-state index in [0.717, 1.165) is 48.1 Å². The molecule has 2 N–H and O–H groups in total. The number of pyridine rings is 1. The van der Waals surface area contributed by atoms with Crippen molar-refractivity contribution in [2.45, 2.75) is 62.6 Å². The van der Waals surface area contributed by atoms with E-state index in [1.165, 1.54) is 14.2 Å².